The van der Waals surface area contributed by atoms with E-state index in [1.807, 2.05) is 0 Å². The summed E-state index contributed by atoms with van der Waals surface area (Å²) in [5, 5.41) is 10.9. The van der Waals surface area contributed by atoms with Crippen molar-refractivity contribution in [3.8, 4) is 0 Å². The van der Waals surface area contributed by atoms with Gasteiger partial charge in [0.05, 0.1) is 18.2 Å². The van der Waals surface area contributed by atoms with Crippen molar-refractivity contribution in [2.75, 3.05) is 7.11 Å². The minimum absolute atomic E-state index is 0.212. The minimum atomic E-state index is -0.436. The number of aromatic nitrogens is 4. The first-order valence-electron chi connectivity index (χ1n) is 5.31. The maximum atomic E-state index is 11.3. The first-order chi connectivity index (χ1) is 9.17. The summed E-state index contributed by atoms with van der Waals surface area (Å²) < 4.78 is 5.98. The van der Waals surface area contributed by atoms with E-state index >= 15 is 0 Å². The zero-order chi connectivity index (χ0) is 13.8. The molecule has 0 spiro atoms. The van der Waals surface area contributed by atoms with E-state index in [1.165, 1.54) is 11.8 Å². The van der Waals surface area contributed by atoms with E-state index in [4.69, 9.17) is 5.53 Å². The molecule has 2 rings (SSSR count). The summed E-state index contributed by atoms with van der Waals surface area (Å²) >= 11 is 0. The Morgan fingerprint density at radius 2 is 1.95 bits per heavy atom. The Hall–Kier alpha value is -2.86. The average Bonchev–Trinajstić information content (AvgIpc) is 2.86. The maximum Gasteiger partial charge on any atom is 0.368 e. The number of aryl methyl sites for hydroxylation is 1. The molecule has 0 unspecified atom stereocenters. The molecular weight excluding hydrogens is 248 g/mol. The molecule has 0 saturated heterocycles. The van der Waals surface area contributed by atoms with Gasteiger partial charge in [0.25, 0.3) is 5.82 Å². The van der Waals surface area contributed by atoms with E-state index in [0.717, 1.165) is 0 Å². The lowest BCUT2D eigenvalue weighted by Gasteiger charge is -1.99. The van der Waals surface area contributed by atoms with Crippen LogP contribution in [0.5, 0.6) is 0 Å². The van der Waals surface area contributed by atoms with E-state index in [-0.39, 0.29) is 5.71 Å². The third kappa shape index (κ3) is 2.38. The SMILES string of the molecule is COC(=O)c1ccc(C(=[N+]=[N-])c2nnnn2C)cc1. The van der Waals surface area contributed by atoms with Crippen molar-refractivity contribution in [3.05, 3.63) is 46.7 Å². The second-order valence-corrected chi connectivity index (χ2v) is 3.64. The van der Waals surface area contributed by atoms with Gasteiger partial charge < -0.3 is 10.3 Å². The van der Waals surface area contributed by atoms with Gasteiger partial charge in [-0.3, -0.25) is 0 Å². The Bertz CT molecular complexity index is 654. The highest BCUT2D eigenvalue weighted by Crippen LogP contribution is 2.09. The van der Waals surface area contributed by atoms with Gasteiger partial charge in [-0.15, -0.1) is 5.10 Å². The summed E-state index contributed by atoms with van der Waals surface area (Å²) in [6.07, 6.45) is 0. The molecule has 0 aliphatic heterocycles. The molecule has 0 aliphatic rings. The maximum absolute atomic E-state index is 11.3. The molecule has 96 valence electrons. The highest BCUT2D eigenvalue weighted by molar-refractivity contribution is 6.07. The lowest BCUT2D eigenvalue weighted by molar-refractivity contribution is -0.00377. The number of rotatable bonds is 3. The van der Waals surface area contributed by atoms with Gasteiger partial charge in [0, 0.05) is 7.05 Å². The molecule has 0 aliphatic carbocycles. The standard InChI is InChI=1S/C11H10N6O2/c1-17-10(14-15-16-17)9(13-12)7-3-5-8(6-4-7)11(18)19-2/h3-6H,1-2H3. The lowest BCUT2D eigenvalue weighted by Crippen LogP contribution is -2.12. The van der Waals surface area contributed by atoms with Crippen LogP contribution in [0.4, 0.5) is 0 Å². The number of carbonyl (C=O) groups excluding carboxylic acids is 1. The predicted octanol–water partition coefficient (Wildman–Crippen LogP) is 0.0639. The molecule has 0 atom stereocenters. The fourth-order valence-corrected chi connectivity index (χ4v) is 1.54. The number of ether oxygens (including phenoxy) is 1. The predicted molar refractivity (Wildman–Crippen MR) is 63.4 cm³/mol. The molecule has 0 fully saturated rings. The van der Waals surface area contributed by atoms with Crippen molar-refractivity contribution in [2.45, 2.75) is 0 Å². The Morgan fingerprint density at radius 3 is 2.42 bits per heavy atom. The van der Waals surface area contributed by atoms with E-state index < -0.39 is 5.97 Å². The van der Waals surface area contributed by atoms with Crippen LogP contribution < -0.4 is 0 Å². The van der Waals surface area contributed by atoms with Crippen molar-refractivity contribution in [1.29, 1.82) is 0 Å². The van der Waals surface area contributed by atoms with Gasteiger partial charge in [0.15, 0.2) is 0 Å². The van der Waals surface area contributed by atoms with Crippen LogP contribution in [-0.4, -0.2) is 43.8 Å². The number of hydrogen-bond donors (Lipinski definition) is 0. The number of carbonyl (C=O) groups is 1. The third-order valence-electron chi connectivity index (χ3n) is 2.51. The van der Waals surface area contributed by atoms with Crippen molar-refractivity contribution < 1.29 is 14.3 Å². The number of methoxy groups -OCH3 is 1. The molecule has 1 aromatic heterocycles. The van der Waals surface area contributed by atoms with Gasteiger partial charge >= 0.3 is 11.7 Å². The second kappa shape index (κ2) is 5.19. The van der Waals surface area contributed by atoms with E-state index in [0.29, 0.717) is 17.0 Å². The highest BCUT2D eigenvalue weighted by Gasteiger charge is 2.22. The quantitative estimate of drug-likeness (QED) is 0.335. The van der Waals surface area contributed by atoms with Crippen molar-refractivity contribution in [2.24, 2.45) is 7.05 Å². The molecule has 0 N–H and O–H groups in total. The second-order valence-electron chi connectivity index (χ2n) is 3.64. The van der Waals surface area contributed by atoms with Crippen molar-refractivity contribution in [1.82, 2.24) is 20.2 Å². The van der Waals surface area contributed by atoms with Crippen LogP contribution in [0.2, 0.25) is 0 Å². The molecule has 0 bridgehead atoms. The van der Waals surface area contributed by atoms with Crippen LogP contribution in [0, 0.1) is 0 Å². The molecule has 1 heterocycles. The first kappa shape index (κ1) is 12.6. The van der Waals surface area contributed by atoms with Crippen molar-refractivity contribution >= 4 is 11.7 Å². The zero-order valence-corrected chi connectivity index (χ0v) is 10.3. The largest absolute Gasteiger partial charge is 0.465 e. The number of esters is 1. The topological polar surface area (TPSA) is 106 Å². The molecule has 1 aromatic carbocycles. The van der Waals surface area contributed by atoms with Crippen LogP contribution in [0.1, 0.15) is 21.7 Å². The fourth-order valence-electron chi connectivity index (χ4n) is 1.54. The number of hydrogen-bond acceptors (Lipinski definition) is 5. The van der Waals surface area contributed by atoms with Gasteiger partial charge in [-0.25, -0.2) is 9.48 Å². The summed E-state index contributed by atoms with van der Waals surface area (Å²) in [6, 6.07) is 6.37. The van der Waals surface area contributed by atoms with Gasteiger partial charge in [-0.1, -0.05) is 0 Å². The van der Waals surface area contributed by atoms with Gasteiger partial charge in [-0.2, -0.15) is 4.79 Å². The van der Waals surface area contributed by atoms with E-state index in [2.05, 4.69) is 25.1 Å². The average molecular weight is 258 g/mol. The summed E-state index contributed by atoms with van der Waals surface area (Å²) in [5.74, 6) is -0.123. The number of tetrazole rings is 1. The highest BCUT2D eigenvalue weighted by atomic mass is 16.5. The van der Waals surface area contributed by atoms with Crippen molar-refractivity contribution in [3.63, 3.8) is 0 Å². The Kier molecular flexibility index (Phi) is 3.44. The first-order valence-corrected chi connectivity index (χ1v) is 5.31. The molecule has 2 aromatic rings. The lowest BCUT2D eigenvalue weighted by atomic mass is 10.1. The monoisotopic (exact) mass is 258 g/mol. The van der Waals surface area contributed by atoms with Gasteiger partial charge in [0.1, 0.15) is 0 Å². The zero-order valence-electron chi connectivity index (χ0n) is 10.3. The van der Waals surface area contributed by atoms with Crippen LogP contribution >= 0.6 is 0 Å². The van der Waals surface area contributed by atoms with Crippen LogP contribution in [0.25, 0.3) is 5.53 Å². The summed E-state index contributed by atoms with van der Waals surface area (Å²) in [4.78, 5) is 14.5. The smallest absolute Gasteiger partial charge is 0.368 e. The number of nitrogens with zero attached hydrogens (tertiary/aromatic N) is 6. The molecule has 0 amide bonds. The van der Waals surface area contributed by atoms with Crippen LogP contribution in [0.15, 0.2) is 24.3 Å². The van der Waals surface area contributed by atoms with Gasteiger partial charge in [-0.05, 0) is 34.7 Å². The normalized spacial score (nSPS) is 9.79. The minimum Gasteiger partial charge on any atom is -0.465 e. The van der Waals surface area contributed by atoms with Crippen LogP contribution in [0.3, 0.4) is 0 Å². The Labute approximate surface area is 108 Å². The molecule has 19 heavy (non-hydrogen) atoms. The Balaban J connectivity index is 2.39. The van der Waals surface area contributed by atoms with Crippen LogP contribution in [-0.2, 0) is 11.8 Å². The molecule has 8 heteroatoms. The van der Waals surface area contributed by atoms with Gasteiger partial charge in [0.2, 0.25) is 0 Å². The molecule has 0 radical (unpaired) electrons. The van der Waals surface area contributed by atoms with E-state index in [1.54, 1.807) is 31.3 Å². The summed E-state index contributed by atoms with van der Waals surface area (Å²) in [6.45, 7) is 0. The fraction of sp³-hybridized carbons (Fsp3) is 0.182. The third-order valence-corrected chi connectivity index (χ3v) is 2.51. The Morgan fingerprint density at radius 1 is 1.32 bits per heavy atom. The molecule has 0 saturated carbocycles. The number of benzene rings is 1. The summed E-state index contributed by atoms with van der Waals surface area (Å²) in [5.41, 5.74) is 10.3. The molecular formula is C11H10N6O2. The summed E-state index contributed by atoms with van der Waals surface area (Å²) in [7, 11) is 2.94. The molecule has 8 nitrogen and oxygen atoms in total. The van der Waals surface area contributed by atoms with E-state index in [9.17, 15) is 4.79 Å².